The standard InChI is InChI=1S/C25H23N3O3S2/c1-18-11-13-21(14-12-18)28(2)33(30,31)24-22(19-8-4-3-5-9-19)17-32-23(24)25(29)27-16-20-10-6-7-15-26-20/h3-15,17H,16H2,1-2H3,(H,27,29). The normalized spacial score (nSPS) is 11.2. The second kappa shape index (κ2) is 9.56. The van der Waals surface area contributed by atoms with Crippen LogP contribution in [0, 0.1) is 6.92 Å². The Labute approximate surface area is 197 Å². The van der Waals surface area contributed by atoms with Gasteiger partial charge in [0.15, 0.2) is 0 Å². The molecule has 1 N–H and O–H groups in total. The lowest BCUT2D eigenvalue weighted by Gasteiger charge is -2.21. The number of rotatable bonds is 7. The predicted molar refractivity (Wildman–Crippen MR) is 132 cm³/mol. The van der Waals surface area contributed by atoms with Gasteiger partial charge in [0.2, 0.25) is 0 Å². The van der Waals surface area contributed by atoms with E-state index in [2.05, 4.69) is 10.3 Å². The van der Waals surface area contributed by atoms with E-state index in [-0.39, 0.29) is 16.3 Å². The Kier molecular flexibility index (Phi) is 6.57. The summed E-state index contributed by atoms with van der Waals surface area (Å²) in [7, 11) is -2.53. The number of sulfonamides is 1. The second-order valence-electron chi connectivity index (χ2n) is 7.49. The fourth-order valence-corrected chi connectivity index (χ4v) is 6.24. The van der Waals surface area contributed by atoms with E-state index >= 15 is 0 Å². The number of hydrogen-bond acceptors (Lipinski definition) is 5. The minimum atomic E-state index is -4.03. The molecule has 1 amide bonds. The summed E-state index contributed by atoms with van der Waals surface area (Å²) < 4.78 is 28.8. The molecule has 6 nitrogen and oxygen atoms in total. The van der Waals surface area contributed by atoms with Crippen molar-refractivity contribution in [2.75, 3.05) is 11.4 Å². The van der Waals surface area contributed by atoms with Gasteiger partial charge in [-0.1, -0.05) is 54.1 Å². The van der Waals surface area contributed by atoms with E-state index < -0.39 is 15.9 Å². The molecule has 0 radical (unpaired) electrons. The Hall–Kier alpha value is -3.49. The molecular formula is C25H23N3O3S2. The van der Waals surface area contributed by atoms with Crippen molar-refractivity contribution in [3.63, 3.8) is 0 Å². The molecule has 0 aliphatic carbocycles. The minimum Gasteiger partial charge on any atom is -0.346 e. The fraction of sp³-hybridized carbons (Fsp3) is 0.120. The smallest absolute Gasteiger partial charge is 0.266 e. The van der Waals surface area contributed by atoms with Crippen LogP contribution in [0.4, 0.5) is 5.69 Å². The Balaban J connectivity index is 1.76. The van der Waals surface area contributed by atoms with Crippen molar-refractivity contribution in [1.82, 2.24) is 10.3 Å². The first-order valence-corrected chi connectivity index (χ1v) is 12.6. The topological polar surface area (TPSA) is 79.4 Å². The van der Waals surface area contributed by atoms with Crippen molar-refractivity contribution in [1.29, 1.82) is 0 Å². The molecule has 0 bridgehead atoms. The Morgan fingerprint density at radius 3 is 2.36 bits per heavy atom. The highest BCUT2D eigenvalue weighted by Gasteiger charge is 2.32. The van der Waals surface area contributed by atoms with Crippen LogP contribution in [0.25, 0.3) is 11.1 Å². The van der Waals surface area contributed by atoms with E-state index in [1.54, 1.807) is 35.8 Å². The molecule has 0 spiro atoms. The van der Waals surface area contributed by atoms with Gasteiger partial charge in [0.1, 0.15) is 9.77 Å². The first-order valence-electron chi connectivity index (χ1n) is 10.3. The molecular weight excluding hydrogens is 454 g/mol. The highest BCUT2D eigenvalue weighted by Crippen LogP contribution is 2.38. The van der Waals surface area contributed by atoms with Crippen LogP contribution >= 0.6 is 11.3 Å². The average molecular weight is 478 g/mol. The predicted octanol–water partition coefficient (Wildman–Crippen LogP) is 4.87. The van der Waals surface area contributed by atoms with Crippen LogP contribution in [0.15, 0.2) is 89.3 Å². The number of carbonyl (C=O) groups excluding carboxylic acids is 1. The first-order chi connectivity index (χ1) is 15.9. The zero-order valence-electron chi connectivity index (χ0n) is 18.2. The number of thiophene rings is 1. The van der Waals surface area contributed by atoms with Crippen molar-refractivity contribution < 1.29 is 13.2 Å². The summed E-state index contributed by atoms with van der Waals surface area (Å²) in [5, 5.41) is 4.53. The number of carbonyl (C=O) groups is 1. The minimum absolute atomic E-state index is 0.000274. The largest absolute Gasteiger partial charge is 0.346 e. The van der Waals surface area contributed by atoms with Crippen LogP contribution in [-0.4, -0.2) is 26.4 Å². The maximum Gasteiger partial charge on any atom is 0.266 e. The number of benzene rings is 2. The van der Waals surface area contributed by atoms with Gasteiger partial charge in [-0.3, -0.25) is 14.1 Å². The summed E-state index contributed by atoms with van der Waals surface area (Å²) in [4.78, 5) is 17.5. The van der Waals surface area contributed by atoms with Crippen LogP contribution in [0.2, 0.25) is 0 Å². The second-order valence-corrected chi connectivity index (χ2v) is 10.3. The molecule has 0 saturated carbocycles. The highest BCUT2D eigenvalue weighted by atomic mass is 32.2. The summed E-state index contributed by atoms with van der Waals surface area (Å²) in [5.74, 6) is -0.455. The molecule has 168 valence electrons. The van der Waals surface area contributed by atoms with Gasteiger partial charge in [-0.05, 0) is 36.8 Å². The van der Waals surface area contributed by atoms with Gasteiger partial charge in [-0.25, -0.2) is 8.42 Å². The van der Waals surface area contributed by atoms with Gasteiger partial charge < -0.3 is 5.32 Å². The summed E-state index contributed by atoms with van der Waals surface area (Å²) in [6, 6.07) is 21.9. The number of aromatic nitrogens is 1. The maximum atomic E-state index is 13.8. The number of anilines is 1. The van der Waals surface area contributed by atoms with Crippen molar-refractivity contribution in [3.8, 4) is 11.1 Å². The molecule has 0 aliphatic heterocycles. The van der Waals surface area contributed by atoms with Crippen LogP contribution in [-0.2, 0) is 16.6 Å². The molecule has 2 aromatic heterocycles. The number of hydrogen-bond donors (Lipinski definition) is 1. The third-order valence-corrected chi connectivity index (χ3v) is 8.19. The molecule has 2 heterocycles. The average Bonchev–Trinajstić information content (AvgIpc) is 3.30. The lowest BCUT2D eigenvalue weighted by Crippen LogP contribution is -2.30. The van der Waals surface area contributed by atoms with E-state index in [0.29, 0.717) is 16.9 Å². The van der Waals surface area contributed by atoms with Gasteiger partial charge in [0, 0.05) is 24.2 Å². The Bertz CT molecular complexity index is 1350. The van der Waals surface area contributed by atoms with Gasteiger partial charge >= 0.3 is 0 Å². The number of nitrogens with one attached hydrogen (secondary N) is 1. The zero-order chi connectivity index (χ0) is 23.4. The van der Waals surface area contributed by atoms with Crippen LogP contribution in [0.1, 0.15) is 20.9 Å². The molecule has 0 saturated heterocycles. The summed E-state index contributed by atoms with van der Waals surface area (Å²) in [6.45, 7) is 2.14. The van der Waals surface area contributed by atoms with Crippen LogP contribution < -0.4 is 9.62 Å². The van der Waals surface area contributed by atoms with Gasteiger partial charge in [0.25, 0.3) is 15.9 Å². The Morgan fingerprint density at radius 2 is 1.70 bits per heavy atom. The quantitative estimate of drug-likeness (QED) is 0.412. The third kappa shape index (κ3) is 4.81. The van der Waals surface area contributed by atoms with E-state index in [1.165, 1.54) is 11.4 Å². The lowest BCUT2D eigenvalue weighted by molar-refractivity contribution is 0.0951. The molecule has 0 aliphatic rings. The van der Waals surface area contributed by atoms with Crippen molar-refractivity contribution in [3.05, 3.63) is 101 Å². The molecule has 4 rings (SSSR count). The SMILES string of the molecule is Cc1ccc(N(C)S(=O)(=O)c2c(-c3ccccc3)csc2C(=O)NCc2ccccn2)cc1. The van der Waals surface area contributed by atoms with Crippen molar-refractivity contribution in [2.45, 2.75) is 18.4 Å². The van der Waals surface area contributed by atoms with E-state index in [9.17, 15) is 13.2 Å². The van der Waals surface area contributed by atoms with Crippen LogP contribution in [0.5, 0.6) is 0 Å². The third-order valence-electron chi connectivity index (χ3n) is 5.21. The van der Waals surface area contributed by atoms with Crippen molar-refractivity contribution >= 4 is 33.0 Å². The lowest BCUT2D eigenvalue weighted by atomic mass is 10.1. The summed E-state index contributed by atoms with van der Waals surface area (Å²) in [5.41, 5.74) is 3.47. The van der Waals surface area contributed by atoms with Gasteiger partial charge in [-0.15, -0.1) is 11.3 Å². The zero-order valence-corrected chi connectivity index (χ0v) is 19.9. The van der Waals surface area contributed by atoms with E-state index in [0.717, 1.165) is 22.5 Å². The summed E-state index contributed by atoms with van der Waals surface area (Å²) in [6.07, 6.45) is 1.65. The molecule has 2 aromatic carbocycles. The van der Waals surface area contributed by atoms with E-state index in [1.807, 2.05) is 55.5 Å². The molecule has 0 fully saturated rings. The number of nitrogens with zero attached hydrogens (tertiary/aromatic N) is 2. The number of amides is 1. The first kappa shape index (κ1) is 22.7. The van der Waals surface area contributed by atoms with E-state index in [4.69, 9.17) is 0 Å². The number of aryl methyl sites for hydroxylation is 1. The van der Waals surface area contributed by atoms with Crippen molar-refractivity contribution in [2.24, 2.45) is 0 Å². The maximum absolute atomic E-state index is 13.8. The monoisotopic (exact) mass is 477 g/mol. The van der Waals surface area contributed by atoms with Gasteiger partial charge in [-0.2, -0.15) is 0 Å². The molecule has 4 aromatic rings. The highest BCUT2D eigenvalue weighted by molar-refractivity contribution is 7.93. The molecule has 0 unspecified atom stereocenters. The molecule has 0 atom stereocenters. The molecule has 33 heavy (non-hydrogen) atoms. The molecule has 8 heteroatoms. The fourth-order valence-electron chi connectivity index (χ4n) is 3.36. The van der Waals surface area contributed by atoms with Gasteiger partial charge in [0.05, 0.1) is 17.9 Å². The van der Waals surface area contributed by atoms with Crippen LogP contribution in [0.3, 0.4) is 0 Å². The number of pyridine rings is 1. The summed E-state index contributed by atoms with van der Waals surface area (Å²) >= 11 is 1.12. The Morgan fingerprint density at radius 1 is 1.00 bits per heavy atom.